The van der Waals surface area contributed by atoms with E-state index in [1.807, 2.05) is 20.2 Å². The average molecular weight is 243 g/mol. The molecule has 0 spiro atoms. The van der Waals surface area contributed by atoms with Crippen molar-refractivity contribution in [2.45, 2.75) is 0 Å². The second kappa shape index (κ2) is 5.27. The van der Waals surface area contributed by atoms with Crippen LogP contribution in [-0.2, 0) is 0 Å². The zero-order valence-electron chi connectivity index (χ0n) is 10.2. The maximum absolute atomic E-state index is 11.8. The molecule has 0 N–H and O–H groups in total. The quantitative estimate of drug-likeness (QED) is 0.769. The molecule has 0 fully saturated rings. The Labute approximate surface area is 105 Å². The minimum absolute atomic E-state index is 0.238. The topological polar surface area (TPSA) is 55.3 Å². The maximum atomic E-state index is 11.8. The highest BCUT2D eigenvalue weighted by atomic mass is 16.5. The van der Waals surface area contributed by atoms with Crippen LogP contribution in [0, 0.1) is 0 Å². The summed E-state index contributed by atoms with van der Waals surface area (Å²) in [6, 6.07) is 10.3. The fraction of sp³-hybridized carbons (Fsp3) is 0.154. The van der Waals surface area contributed by atoms with Crippen molar-refractivity contribution in [2.24, 2.45) is 0 Å². The molecule has 0 unspecified atom stereocenters. The van der Waals surface area contributed by atoms with Crippen LogP contribution >= 0.6 is 0 Å². The lowest BCUT2D eigenvalue weighted by Crippen LogP contribution is -2.14. The summed E-state index contributed by atoms with van der Waals surface area (Å²) >= 11 is 0. The molecule has 2 rings (SSSR count). The van der Waals surface area contributed by atoms with Crippen molar-refractivity contribution in [1.29, 1.82) is 0 Å². The van der Waals surface area contributed by atoms with E-state index >= 15 is 0 Å². The zero-order valence-corrected chi connectivity index (χ0v) is 10.2. The van der Waals surface area contributed by atoms with E-state index in [2.05, 4.69) is 9.97 Å². The molecule has 1 aromatic carbocycles. The molecule has 0 bridgehead atoms. The van der Waals surface area contributed by atoms with E-state index in [0.29, 0.717) is 11.5 Å². The third kappa shape index (κ3) is 2.82. The van der Waals surface area contributed by atoms with Gasteiger partial charge in [0.05, 0.1) is 5.56 Å². The smallest absolute Gasteiger partial charge is 0.344 e. The van der Waals surface area contributed by atoms with Crippen LogP contribution in [0.4, 0.5) is 5.95 Å². The Morgan fingerprint density at radius 1 is 1.17 bits per heavy atom. The highest BCUT2D eigenvalue weighted by Gasteiger charge is 2.09. The molecule has 0 aliphatic heterocycles. The van der Waals surface area contributed by atoms with Crippen LogP contribution in [0.15, 0.2) is 42.6 Å². The lowest BCUT2D eigenvalue weighted by Gasteiger charge is -2.10. The van der Waals surface area contributed by atoms with Gasteiger partial charge in [0.1, 0.15) is 0 Å². The third-order valence-electron chi connectivity index (χ3n) is 2.22. The van der Waals surface area contributed by atoms with Crippen molar-refractivity contribution in [3.8, 4) is 5.88 Å². The summed E-state index contributed by atoms with van der Waals surface area (Å²) in [5, 5.41) is 0. The van der Waals surface area contributed by atoms with Gasteiger partial charge in [0.15, 0.2) is 0 Å². The molecule has 0 aliphatic rings. The van der Waals surface area contributed by atoms with E-state index in [-0.39, 0.29) is 5.88 Å². The van der Waals surface area contributed by atoms with Crippen molar-refractivity contribution < 1.29 is 9.53 Å². The number of hydrogen-bond donors (Lipinski definition) is 0. The van der Waals surface area contributed by atoms with Gasteiger partial charge in [-0.15, -0.1) is 0 Å². The number of benzene rings is 1. The average Bonchev–Trinajstić information content (AvgIpc) is 2.40. The number of carbonyl (C=O) groups is 1. The number of rotatable bonds is 3. The first-order valence-corrected chi connectivity index (χ1v) is 5.44. The van der Waals surface area contributed by atoms with Gasteiger partial charge in [-0.2, -0.15) is 4.98 Å². The molecule has 18 heavy (non-hydrogen) atoms. The van der Waals surface area contributed by atoms with E-state index < -0.39 is 5.97 Å². The number of esters is 1. The molecule has 2 aromatic rings. The summed E-state index contributed by atoms with van der Waals surface area (Å²) in [6.45, 7) is 0. The van der Waals surface area contributed by atoms with Crippen LogP contribution in [0.1, 0.15) is 10.4 Å². The molecule has 0 radical (unpaired) electrons. The Morgan fingerprint density at radius 3 is 2.56 bits per heavy atom. The van der Waals surface area contributed by atoms with Gasteiger partial charge in [-0.25, -0.2) is 9.78 Å². The molecule has 92 valence electrons. The fourth-order valence-electron chi connectivity index (χ4n) is 1.33. The Bertz CT molecular complexity index is 541. The Balaban J connectivity index is 2.15. The molecule has 0 amide bonds. The summed E-state index contributed by atoms with van der Waals surface area (Å²) in [5.41, 5.74) is 0.488. The van der Waals surface area contributed by atoms with Crippen LogP contribution in [0.3, 0.4) is 0 Å². The van der Waals surface area contributed by atoms with Crippen LogP contribution in [0.5, 0.6) is 5.88 Å². The first-order chi connectivity index (χ1) is 8.66. The number of aromatic nitrogens is 2. The van der Waals surface area contributed by atoms with E-state index in [9.17, 15) is 4.79 Å². The summed E-state index contributed by atoms with van der Waals surface area (Å²) in [4.78, 5) is 21.7. The third-order valence-corrected chi connectivity index (χ3v) is 2.22. The minimum atomic E-state index is -0.431. The van der Waals surface area contributed by atoms with E-state index in [0.717, 1.165) is 0 Å². The lowest BCUT2D eigenvalue weighted by molar-refractivity contribution is 0.0727. The molecular weight excluding hydrogens is 230 g/mol. The number of hydrogen-bond acceptors (Lipinski definition) is 5. The summed E-state index contributed by atoms with van der Waals surface area (Å²) in [6.07, 6.45) is 1.55. The Hall–Kier alpha value is -2.43. The molecule has 0 aliphatic carbocycles. The van der Waals surface area contributed by atoms with Gasteiger partial charge in [-0.3, -0.25) is 0 Å². The molecule has 5 nitrogen and oxygen atoms in total. The Morgan fingerprint density at radius 2 is 1.89 bits per heavy atom. The van der Waals surface area contributed by atoms with Crippen LogP contribution < -0.4 is 9.64 Å². The lowest BCUT2D eigenvalue weighted by atomic mass is 10.2. The number of ether oxygens (including phenoxy) is 1. The van der Waals surface area contributed by atoms with Gasteiger partial charge in [-0.05, 0) is 12.1 Å². The molecule has 1 heterocycles. The number of carbonyl (C=O) groups excluding carboxylic acids is 1. The van der Waals surface area contributed by atoms with Crippen molar-refractivity contribution >= 4 is 11.9 Å². The fourth-order valence-corrected chi connectivity index (χ4v) is 1.33. The van der Waals surface area contributed by atoms with E-state index in [1.165, 1.54) is 0 Å². The van der Waals surface area contributed by atoms with Gasteiger partial charge in [0, 0.05) is 26.4 Å². The van der Waals surface area contributed by atoms with Crippen LogP contribution in [-0.4, -0.2) is 30.0 Å². The van der Waals surface area contributed by atoms with E-state index in [4.69, 9.17) is 4.74 Å². The van der Waals surface area contributed by atoms with Gasteiger partial charge in [-0.1, -0.05) is 18.2 Å². The molecular formula is C13H13N3O2. The predicted octanol–water partition coefficient (Wildman–Crippen LogP) is 1.76. The van der Waals surface area contributed by atoms with E-state index in [1.54, 1.807) is 41.4 Å². The summed E-state index contributed by atoms with van der Waals surface area (Å²) in [5.74, 6) is 0.301. The highest BCUT2D eigenvalue weighted by Crippen LogP contribution is 2.12. The standard InChI is InChI=1S/C13H13N3O2/c1-16(2)13-14-9-8-11(15-13)18-12(17)10-6-4-3-5-7-10/h3-9H,1-2H3. The molecule has 1 aromatic heterocycles. The van der Waals surface area contributed by atoms with Crippen molar-refractivity contribution in [1.82, 2.24) is 9.97 Å². The molecule has 5 heteroatoms. The first kappa shape index (κ1) is 12.0. The van der Waals surface area contributed by atoms with Crippen LogP contribution in [0.25, 0.3) is 0 Å². The summed E-state index contributed by atoms with van der Waals surface area (Å²) < 4.78 is 5.17. The predicted molar refractivity (Wildman–Crippen MR) is 67.8 cm³/mol. The van der Waals surface area contributed by atoms with Crippen LogP contribution in [0.2, 0.25) is 0 Å². The maximum Gasteiger partial charge on any atom is 0.344 e. The number of nitrogens with zero attached hydrogens (tertiary/aromatic N) is 3. The first-order valence-electron chi connectivity index (χ1n) is 5.44. The second-order valence-electron chi connectivity index (χ2n) is 3.84. The zero-order chi connectivity index (χ0) is 13.0. The van der Waals surface area contributed by atoms with Crippen molar-refractivity contribution in [3.05, 3.63) is 48.2 Å². The van der Waals surface area contributed by atoms with Gasteiger partial charge in [0.25, 0.3) is 0 Å². The molecule has 0 atom stereocenters. The second-order valence-corrected chi connectivity index (χ2v) is 3.84. The largest absolute Gasteiger partial charge is 0.404 e. The molecule has 0 saturated carbocycles. The van der Waals surface area contributed by atoms with Crippen molar-refractivity contribution in [3.63, 3.8) is 0 Å². The van der Waals surface area contributed by atoms with Gasteiger partial charge >= 0.3 is 5.97 Å². The summed E-state index contributed by atoms with van der Waals surface area (Å²) in [7, 11) is 3.64. The monoisotopic (exact) mass is 243 g/mol. The minimum Gasteiger partial charge on any atom is -0.404 e. The normalized spacial score (nSPS) is 9.89. The SMILES string of the molecule is CN(C)c1nccc(OC(=O)c2ccccc2)n1. The van der Waals surface area contributed by atoms with Gasteiger partial charge < -0.3 is 9.64 Å². The highest BCUT2D eigenvalue weighted by molar-refractivity contribution is 5.90. The van der Waals surface area contributed by atoms with Gasteiger partial charge in [0.2, 0.25) is 11.8 Å². The molecule has 0 saturated heterocycles. The Kier molecular flexibility index (Phi) is 3.52. The number of anilines is 1. The van der Waals surface area contributed by atoms with Crippen molar-refractivity contribution in [2.75, 3.05) is 19.0 Å².